The first-order valence-corrected chi connectivity index (χ1v) is 11.5. The van der Waals surface area contributed by atoms with Gasteiger partial charge in [-0.05, 0) is 73.6 Å². The van der Waals surface area contributed by atoms with Crippen molar-refractivity contribution in [1.29, 1.82) is 5.26 Å². The van der Waals surface area contributed by atoms with Gasteiger partial charge in [0.2, 0.25) is 0 Å². The third-order valence-electron chi connectivity index (χ3n) is 6.50. The molecule has 1 aliphatic heterocycles. The molecule has 0 spiro atoms. The Morgan fingerprint density at radius 2 is 1.82 bits per heavy atom. The van der Waals surface area contributed by atoms with Gasteiger partial charge in [0.1, 0.15) is 11.6 Å². The lowest BCUT2D eigenvalue weighted by Gasteiger charge is -2.24. The quantitative estimate of drug-likeness (QED) is 0.397. The highest BCUT2D eigenvalue weighted by atomic mass is 35.5. The minimum atomic E-state index is 0. The normalized spacial score (nSPS) is 16.1. The third-order valence-corrected chi connectivity index (χ3v) is 6.50. The lowest BCUT2D eigenvalue weighted by molar-refractivity contribution is 0.0706. The van der Waals surface area contributed by atoms with Gasteiger partial charge < -0.3 is 14.6 Å². The molecule has 0 atom stereocenters. The van der Waals surface area contributed by atoms with Gasteiger partial charge in [0.05, 0.1) is 34.7 Å². The van der Waals surface area contributed by atoms with Crippen LogP contribution in [0, 0.1) is 11.3 Å². The maximum Gasteiger partial charge on any atom is 0.132 e. The Kier molecular flexibility index (Phi) is 6.18. The molecule has 8 heteroatoms. The van der Waals surface area contributed by atoms with Gasteiger partial charge in [0.15, 0.2) is 0 Å². The van der Waals surface area contributed by atoms with E-state index in [4.69, 9.17) is 9.72 Å². The average Bonchev–Trinajstić information content (AvgIpc) is 3.63. The second-order valence-corrected chi connectivity index (χ2v) is 8.81. The van der Waals surface area contributed by atoms with Crippen LogP contribution in [0.4, 0.5) is 11.6 Å². The summed E-state index contributed by atoms with van der Waals surface area (Å²) in [5.74, 6) is 1.95. The number of benzene rings is 1. The standard InChI is InChI=1S/C26H24N6O.ClH/c27-15-17-5-8-28-25(11-17)31-26-14-20(18-1-2-18)12-23(30-26)19-3-4-22-24(13-19)32(16-29-22)21-6-9-33-10-7-21;/h3-5,8,11-14,16,18,21H,1-2,6-7,9-10H2,(H,28,30,31);1H. The van der Waals surface area contributed by atoms with Crippen LogP contribution < -0.4 is 5.32 Å². The second kappa shape index (κ2) is 9.41. The van der Waals surface area contributed by atoms with Crippen molar-refractivity contribution in [2.24, 2.45) is 0 Å². The Labute approximate surface area is 204 Å². The van der Waals surface area contributed by atoms with E-state index >= 15 is 0 Å². The molecule has 1 aromatic carbocycles. The lowest BCUT2D eigenvalue weighted by Crippen LogP contribution is -2.18. The number of hydrogen-bond donors (Lipinski definition) is 1. The molecule has 172 valence electrons. The Balaban J connectivity index is 0.00000241. The predicted molar refractivity (Wildman–Crippen MR) is 134 cm³/mol. The fourth-order valence-electron chi connectivity index (χ4n) is 4.56. The monoisotopic (exact) mass is 472 g/mol. The number of nitrogens with zero attached hydrogens (tertiary/aromatic N) is 5. The van der Waals surface area contributed by atoms with Gasteiger partial charge in [-0.15, -0.1) is 12.4 Å². The van der Waals surface area contributed by atoms with Crippen LogP contribution in [0.1, 0.15) is 48.8 Å². The summed E-state index contributed by atoms with van der Waals surface area (Å²) in [6, 6.07) is 16.7. The molecule has 6 rings (SSSR count). The number of anilines is 2. The van der Waals surface area contributed by atoms with Gasteiger partial charge in [-0.25, -0.2) is 15.0 Å². The zero-order valence-electron chi connectivity index (χ0n) is 18.6. The topological polar surface area (TPSA) is 88.7 Å². The highest BCUT2D eigenvalue weighted by Crippen LogP contribution is 2.42. The molecule has 1 N–H and O–H groups in total. The van der Waals surface area contributed by atoms with Gasteiger partial charge in [-0.3, -0.25) is 0 Å². The van der Waals surface area contributed by atoms with Crippen LogP contribution in [0.2, 0.25) is 0 Å². The summed E-state index contributed by atoms with van der Waals surface area (Å²) in [5, 5.41) is 12.5. The van der Waals surface area contributed by atoms with Crippen molar-refractivity contribution in [1.82, 2.24) is 19.5 Å². The summed E-state index contributed by atoms with van der Waals surface area (Å²) < 4.78 is 7.84. The first kappa shape index (κ1) is 22.3. The average molecular weight is 473 g/mol. The predicted octanol–water partition coefficient (Wildman–Crippen LogP) is 5.76. The number of ether oxygens (including phenoxy) is 1. The number of halogens is 1. The molecule has 0 amide bonds. The molecular formula is C26H25ClN6O. The maximum atomic E-state index is 9.20. The Hall–Kier alpha value is -3.47. The molecule has 2 fully saturated rings. The van der Waals surface area contributed by atoms with Crippen molar-refractivity contribution in [3.8, 4) is 17.3 Å². The number of hydrogen-bond acceptors (Lipinski definition) is 6. The summed E-state index contributed by atoms with van der Waals surface area (Å²) in [6.45, 7) is 1.59. The number of imidazole rings is 1. The summed E-state index contributed by atoms with van der Waals surface area (Å²) in [5.41, 5.74) is 5.99. The number of nitriles is 1. The van der Waals surface area contributed by atoms with E-state index in [-0.39, 0.29) is 12.4 Å². The van der Waals surface area contributed by atoms with Crippen molar-refractivity contribution in [2.75, 3.05) is 18.5 Å². The first-order chi connectivity index (χ1) is 16.3. The minimum Gasteiger partial charge on any atom is -0.381 e. The van der Waals surface area contributed by atoms with Crippen LogP contribution in [0.25, 0.3) is 22.3 Å². The van der Waals surface area contributed by atoms with Crippen LogP contribution in [-0.4, -0.2) is 32.7 Å². The molecule has 3 aromatic heterocycles. The zero-order chi connectivity index (χ0) is 22.2. The van der Waals surface area contributed by atoms with E-state index in [1.165, 1.54) is 18.4 Å². The molecule has 7 nitrogen and oxygen atoms in total. The molecular weight excluding hydrogens is 448 g/mol. The van der Waals surface area contributed by atoms with Crippen molar-refractivity contribution >= 4 is 35.1 Å². The fourth-order valence-corrected chi connectivity index (χ4v) is 4.56. The van der Waals surface area contributed by atoms with Crippen molar-refractivity contribution in [2.45, 2.75) is 37.6 Å². The van der Waals surface area contributed by atoms with E-state index in [0.29, 0.717) is 23.3 Å². The fraction of sp³-hybridized carbons (Fsp3) is 0.308. The van der Waals surface area contributed by atoms with E-state index in [9.17, 15) is 5.26 Å². The summed E-state index contributed by atoms with van der Waals surface area (Å²) in [7, 11) is 0. The highest BCUT2D eigenvalue weighted by Gasteiger charge is 2.25. The Morgan fingerprint density at radius 3 is 2.62 bits per heavy atom. The van der Waals surface area contributed by atoms with Crippen LogP contribution in [0.5, 0.6) is 0 Å². The van der Waals surface area contributed by atoms with Crippen LogP contribution >= 0.6 is 12.4 Å². The van der Waals surface area contributed by atoms with Gasteiger partial charge in [-0.1, -0.05) is 6.07 Å². The lowest BCUT2D eigenvalue weighted by atomic mass is 10.0. The highest BCUT2D eigenvalue weighted by molar-refractivity contribution is 5.85. The number of fused-ring (bicyclic) bond motifs is 1. The van der Waals surface area contributed by atoms with E-state index in [2.05, 4.69) is 56.3 Å². The van der Waals surface area contributed by atoms with Crippen molar-refractivity contribution < 1.29 is 4.74 Å². The third kappa shape index (κ3) is 4.47. The molecule has 34 heavy (non-hydrogen) atoms. The van der Waals surface area contributed by atoms with E-state index < -0.39 is 0 Å². The number of aromatic nitrogens is 4. The molecule has 4 heterocycles. The number of pyridine rings is 2. The largest absolute Gasteiger partial charge is 0.381 e. The molecule has 4 aromatic rings. The molecule has 0 radical (unpaired) electrons. The van der Waals surface area contributed by atoms with Crippen LogP contribution in [0.3, 0.4) is 0 Å². The molecule has 0 unspecified atom stereocenters. The Morgan fingerprint density at radius 1 is 0.971 bits per heavy atom. The van der Waals surface area contributed by atoms with Gasteiger partial charge in [0.25, 0.3) is 0 Å². The Bertz CT molecular complexity index is 1370. The number of rotatable bonds is 5. The van der Waals surface area contributed by atoms with E-state index in [1.807, 2.05) is 6.33 Å². The first-order valence-electron chi connectivity index (χ1n) is 11.5. The van der Waals surface area contributed by atoms with E-state index in [1.54, 1.807) is 18.3 Å². The SMILES string of the molecule is Cl.N#Cc1ccnc(Nc2cc(C3CC3)cc(-c3ccc4ncn(C5CCOCC5)c4c3)n2)c1. The van der Waals surface area contributed by atoms with Crippen LogP contribution in [0.15, 0.2) is 55.0 Å². The van der Waals surface area contributed by atoms with Gasteiger partial charge in [-0.2, -0.15) is 5.26 Å². The molecule has 1 saturated carbocycles. The molecule has 1 aliphatic carbocycles. The van der Waals surface area contributed by atoms with E-state index in [0.717, 1.165) is 54.2 Å². The summed E-state index contributed by atoms with van der Waals surface area (Å²) >= 11 is 0. The molecule has 2 aliphatic rings. The molecule has 1 saturated heterocycles. The van der Waals surface area contributed by atoms with Gasteiger partial charge in [0, 0.05) is 31.0 Å². The summed E-state index contributed by atoms with van der Waals surface area (Å²) in [6.07, 6.45) is 8.03. The van der Waals surface area contributed by atoms with Crippen molar-refractivity contribution in [3.63, 3.8) is 0 Å². The summed E-state index contributed by atoms with van der Waals surface area (Å²) in [4.78, 5) is 13.9. The number of nitrogens with one attached hydrogen (secondary N) is 1. The smallest absolute Gasteiger partial charge is 0.132 e. The van der Waals surface area contributed by atoms with Gasteiger partial charge >= 0.3 is 0 Å². The second-order valence-electron chi connectivity index (χ2n) is 8.81. The maximum absolute atomic E-state index is 9.20. The zero-order valence-corrected chi connectivity index (χ0v) is 19.5. The van der Waals surface area contributed by atoms with Crippen molar-refractivity contribution in [3.05, 3.63) is 66.1 Å². The molecule has 0 bridgehead atoms. The van der Waals surface area contributed by atoms with Crippen LogP contribution in [-0.2, 0) is 4.74 Å². The minimum absolute atomic E-state index is 0.